The maximum absolute atomic E-state index is 6.01. The van der Waals surface area contributed by atoms with Crippen molar-refractivity contribution in [2.45, 2.75) is 13.8 Å². The fourth-order valence-corrected chi connectivity index (χ4v) is 3.10. The SMILES string of the molecule is Cc1ccc(-c2[nH]nc(N)c2-c2cccs2)c(C)c1. The summed E-state index contributed by atoms with van der Waals surface area (Å²) in [5.74, 6) is 0.553. The highest BCUT2D eigenvalue weighted by Crippen LogP contribution is 2.38. The van der Waals surface area contributed by atoms with Gasteiger partial charge >= 0.3 is 0 Å². The molecule has 0 aliphatic heterocycles. The minimum absolute atomic E-state index is 0.553. The zero-order chi connectivity index (χ0) is 13.4. The Bertz CT molecular complexity index is 711. The standard InChI is InChI=1S/C15H15N3S/c1-9-5-6-11(10(2)8-9)14-13(15(16)18-17-14)12-4-3-7-19-12/h3-8H,1-2H3,(H3,16,17,18). The van der Waals surface area contributed by atoms with E-state index in [2.05, 4.69) is 48.3 Å². The van der Waals surface area contributed by atoms with Crippen LogP contribution in [0, 0.1) is 13.8 Å². The molecule has 96 valence electrons. The first-order chi connectivity index (χ1) is 9.16. The number of thiophene rings is 1. The number of aromatic nitrogens is 2. The van der Waals surface area contributed by atoms with E-state index in [4.69, 9.17) is 5.73 Å². The van der Waals surface area contributed by atoms with Gasteiger partial charge in [0.05, 0.1) is 11.3 Å². The van der Waals surface area contributed by atoms with Gasteiger partial charge in [-0.1, -0.05) is 29.8 Å². The Morgan fingerprint density at radius 1 is 1.21 bits per heavy atom. The Morgan fingerprint density at radius 3 is 2.74 bits per heavy atom. The molecule has 3 N–H and O–H groups in total. The third kappa shape index (κ3) is 2.04. The van der Waals surface area contributed by atoms with Crippen LogP contribution in [0.1, 0.15) is 11.1 Å². The highest BCUT2D eigenvalue weighted by atomic mass is 32.1. The summed E-state index contributed by atoms with van der Waals surface area (Å²) < 4.78 is 0. The van der Waals surface area contributed by atoms with Crippen LogP contribution in [-0.2, 0) is 0 Å². The van der Waals surface area contributed by atoms with Crippen molar-refractivity contribution in [1.29, 1.82) is 0 Å². The van der Waals surface area contributed by atoms with E-state index in [-0.39, 0.29) is 0 Å². The molecule has 3 aromatic rings. The molecule has 0 bridgehead atoms. The van der Waals surface area contributed by atoms with Gasteiger partial charge in [0.15, 0.2) is 5.82 Å². The fraction of sp³-hybridized carbons (Fsp3) is 0.133. The minimum Gasteiger partial charge on any atom is -0.382 e. The average Bonchev–Trinajstić information content (AvgIpc) is 2.98. The molecule has 0 atom stereocenters. The van der Waals surface area contributed by atoms with Gasteiger partial charge in [0.25, 0.3) is 0 Å². The van der Waals surface area contributed by atoms with E-state index in [0.29, 0.717) is 5.82 Å². The first-order valence-electron chi connectivity index (χ1n) is 6.12. The van der Waals surface area contributed by atoms with Crippen molar-refractivity contribution < 1.29 is 0 Å². The van der Waals surface area contributed by atoms with Crippen LogP contribution in [0.15, 0.2) is 35.7 Å². The Morgan fingerprint density at radius 2 is 2.05 bits per heavy atom. The molecule has 0 amide bonds. The monoisotopic (exact) mass is 269 g/mol. The van der Waals surface area contributed by atoms with Crippen molar-refractivity contribution in [2.24, 2.45) is 0 Å². The third-order valence-corrected chi connectivity index (χ3v) is 4.10. The summed E-state index contributed by atoms with van der Waals surface area (Å²) in [5, 5.41) is 9.29. The van der Waals surface area contributed by atoms with Crippen LogP contribution in [-0.4, -0.2) is 10.2 Å². The van der Waals surface area contributed by atoms with Gasteiger partial charge in [-0.25, -0.2) is 0 Å². The first-order valence-corrected chi connectivity index (χ1v) is 7.00. The third-order valence-electron chi connectivity index (χ3n) is 3.21. The molecule has 0 saturated carbocycles. The quantitative estimate of drug-likeness (QED) is 0.738. The van der Waals surface area contributed by atoms with Crippen molar-refractivity contribution in [2.75, 3.05) is 5.73 Å². The molecule has 2 heterocycles. The topological polar surface area (TPSA) is 54.7 Å². The molecule has 0 aliphatic carbocycles. The lowest BCUT2D eigenvalue weighted by Crippen LogP contribution is -1.89. The van der Waals surface area contributed by atoms with Crippen LogP contribution in [0.4, 0.5) is 5.82 Å². The molecule has 0 saturated heterocycles. The minimum atomic E-state index is 0.553. The molecule has 0 spiro atoms. The number of hydrogen-bond donors (Lipinski definition) is 2. The second-order valence-corrected chi connectivity index (χ2v) is 5.60. The highest BCUT2D eigenvalue weighted by Gasteiger charge is 2.16. The lowest BCUT2D eigenvalue weighted by atomic mass is 10.00. The van der Waals surface area contributed by atoms with E-state index in [9.17, 15) is 0 Å². The van der Waals surface area contributed by atoms with E-state index < -0.39 is 0 Å². The molecule has 0 fully saturated rings. The van der Waals surface area contributed by atoms with Crippen LogP contribution in [0.25, 0.3) is 21.7 Å². The van der Waals surface area contributed by atoms with Gasteiger partial charge in [-0.2, -0.15) is 5.10 Å². The number of H-pyrrole nitrogens is 1. The maximum Gasteiger partial charge on any atom is 0.154 e. The van der Waals surface area contributed by atoms with Gasteiger partial charge < -0.3 is 5.73 Å². The summed E-state index contributed by atoms with van der Waals surface area (Å²) in [5.41, 5.74) is 11.6. The van der Waals surface area contributed by atoms with E-state index >= 15 is 0 Å². The molecule has 0 unspecified atom stereocenters. The molecular weight excluding hydrogens is 254 g/mol. The Balaban J connectivity index is 2.21. The van der Waals surface area contributed by atoms with Crippen LogP contribution < -0.4 is 5.73 Å². The van der Waals surface area contributed by atoms with Crippen LogP contribution in [0.5, 0.6) is 0 Å². The second kappa shape index (κ2) is 4.55. The van der Waals surface area contributed by atoms with Gasteiger partial charge in [-0.3, -0.25) is 5.10 Å². The first kappa shape index (κ1) is 12.0. The van der Waals surface area contributed by atoms with Gasteiger partial charge in [-0.05, 0) is 30.9 Å². The second-order valence-electron chi connectivity index (χ2n) is 4.65. The summed E-state index contributed by atoms with van der Waals surface area (Å²) in [7, 11) is 0. The normalized spacial score (nSPS) is 10.8. The number of rotatable bonds is 2. The molecular formula is C15H15N3S. The average molecular weight is 269 g/mol. The highest BCUT2D eigenvalue weighted by molar-refractivity contribution is 7.13. The lowest BCUT2D eigenvalue weighted by Gasteiger charge is -2.07. The van der Waals surface area contributed by atoms with Gasteiger partial charge in [0.1, 0.15) is 0 Å². The van der Waals surface area contributed by atoms with Crippen LogP contribution in [0.3, 0.4) is 0 Å². The fourth-order valence-electron chi connectivity index (χ4n) is 2.32. The largest absolute Gasteiger partial charge is 0.382 e. The van der Waals surface area contributed by atoms with Crippen LogP contribution >= 0.6 is 11.3 Å². The Hall–Kier alpha value is -2.07. The molecule has 4 heteroatoms. The van der Waals surface area contributed by atoms with Crippen molar-refractivity contribution in [3.05, 3.63) is 46.8 Å². The van der Waals surface area contributed by atoms with E-state index in [1.807, 2.05) is 11.4 Å². The van der Waals surface area contributed by atoms with Gasteiger partial charge in [-0.15, -0.1) is 11.3 Å². The van der Waals surface area contributed by atoms with Crippen LogP contribution in [0.2, 0.25) is 0 Å². The number of nitrogens with zero attached hydrogens (tertiary/aromatic N) is 1. The number of nitrogens with two attached hydrogens (primary N) is 1. The number of benzene rings is 1. The summed E-state index contributed by atoms with van der Waals surface area (Å²) in [4.78, 5) is 1.14. The van der Waals surface area contributed by atoms with Crippen molar-refractivity contribution in [3.8, 4) is 21.7 Å². The molecule has 0 radical (unpaired) electrons. The summed E-state index contributed by atoms with van der Waals surface area (Å²) in [6.45, 7) is 4.20. The molecule has 0 aliphatic rings. The van der Waals surface area contributed by atoms with E-state index in [1.54, 1.807) is 11.3 Å². The summed E-state index contributed by atoms with van der Waals surface area (Å²) in [6, 6.07) is 10.5. The summed E-state index contributed by atoms with van der Waals surface area (Å²) in [6.07, 6.45) is 0. The number of nitrogens with one attached hydrogen (secondary N) is 1. The van der Waals surface area contributed by atoms with Crippen molar-refractivity contribution >= 4 is 17.2 Å². The summed E-state index contributed by atoms with van der Waals surface area (Å²) >= 11 is 1.67. The number of nitrogen functional groups attached to an aromatic ring is 1. The van der Waals surface area contributed by atoms with E-state index in [0.717, 1.165) is 21.7 Å². The van der Waals surface area contributed by atoms with Gasteiger partial charge in [0, 0.05) is 10.4 Å². The predicted molar refractivity (Wildman–Crippen MR) is 81.2 cm³/mol. The zero-order valence-corrected chi connectivity index (χ0v) is 11.7. The molecule has 19 heavy (non-hydrogen) atoms. The predicted octanol–water partition coefficient (Wildman–Crippen LogP) is 4.00. The lowest BCUT2D eigenvalue weighted by molar-refractivity contribution is 1.10. The Labute approximate surface area is 116 Å². The molecule has 3 nitrogen and oxygen atoms in total. The maximum atomic E-state index is 6.01. The number of aryl methyl sites for hydroxylation is 2. The number of aromatic amines is 1. The number of hydrogen-bond acceptors (Lipinski definition) is 3. The van der Waals surface area contributed by atoms with Crippen molar-refractivity contribution in [1.82, 2.24) is 10.2 Å². The number of anilines is 1. The molecule has 3 rings (SSSR count). The molecule has 1 aromatic carbocycles. The molecule has 2 aromatic heterocycles. The van der Waals surface area contributed by atoms with Gasteiger partial charge in [0.2, 0.25) is 0 Å². The van der Waals surface area contributed by atoms with Crippen molar-refractivity contribution in [3.63, 3.8) is 0 Å². The van der Waals surface area contributed by atoms with E-state index in [1.165, 1.54) is 11.1 Å². The smallest absolute Gasteiger partial charge is 0.154 e. The Kier molecular flexibility index (Phi) is 2.87. The zero-order valence-electron chi connectivity index (χ0n) is 10.9.